The quantitative estimate of drug-likeness (QED) is 0.561. The minimum Gasteiger partial charge on any atom is -0.490 e. The van der Waals surface area contributed by atoms with E-state index in [4.69, 9.17) is 14.7 Å². The molecule has 0 spiro atoms. The first-order valence-electron chi connectivity index (χ1n) is 9.78. The summed E-state index contributed by atoms with van der Waals surface area (Å²) >= 11 is 1.37. The molecule has 0 unspecified atom stereocenters. The topological polar surface area (TPSA) is 74.9 Å². The van der Waals surface area contributed by atoms with Gasteiger partial charge in [-0.2, -0.15) is 5.26 Å². The second-order valence-electron chi connectivity index (χ2n) is 6.38. The third-order valence-corrected chi connectivity index (χ3v) is 5.18. The average Bonchev–Trinajstić information content (AvgIpc) is 3.03. The molecule has 0 bridgehead atoms. The monoisotopic (exact) mass is 421 g/mol. The van der Waals surface area contributed by atoms with E-state index in [0.29, 0.717) is 34.7 Å². The van der Waals surface area contributed by atoms with Crippen molar-refractivity contribution in [2.24, 2.45) is 4.99 Å². The van der Waals surface area contributed by atoms with Crippen LogP contribution in [0.25, 0.3) is 6.08 Å². The molecule has 1 amide bonds. The van der Waals surface area contributed by atoms with Gasteiger partial charge in [-0.3, -0.25) is 9.69 Å². The van der Waals surface area contributed by atoms with E-state index in [-0.39, 0.29) is 12.5 Å². The first-order chi connectivity index (χ1) is 14.7. The van der Waals surface area contributed by atoms with Crippen LogP contribution in [-0.2, 0) is 4.79 Å². The van der Waals surface area contributed by atoms with Crippen LogP contribution < -0.4 is 9.47 Å². The zero-order valence-corrected chi connectivity index (χ0v) is 17.8. The fourth-order valence-electron chi connectivity index (χ4n) is 2.89. The molecule has 2 aromatic rings. The number of hydrogen-bond donors (Lipinski definition) is 0. The SMILES string of the molecule is CCCN1C(=O)C(=Cc2ccc(OCC#N)c(OCC)c2)SC1=Nc1ccccc1. The van der Waals surface area contributed by atoms with Crippen molar-refractivity contribution in [1.82, 2.24) is 4.90 Å². The Morgan fingerprint density at radius 3 is 2.63 bits per heavy atom. The maximum atomic E-state index is 13.0. The summed E-state index contributed by atoms with van der Waals surface area (Å²) in [5, 5.41) is 9.42. The highest BCUT2D eigenvalue weighted by Crippen LogP contribution is 2.36. The van der Waals surface area contributed by atoms with Crippen LogP contribution in [0, 0.1) is 11.3 Å². The molecule has 0 atom stereocenters. The highest BCUT2D eigenvalue weighted by atomic mass is 32.2. The number of para-hydroxylation sites is 1. The van der Waals surface area contributed by atoms with Gasteiger partial charge in [0.05, 0.1) is 17.2 Å². The number of amidine groups is 1. The summed E-state index contributed by atoms with van der Waals surface area (Å²) in [6, 6.07) is 17.0. The zero-order valence-electron chi connectivity index (χ0n) is 17.0. The first kappa shape index (κ1) is 21.5. The number of ether oxygens (including phenoxy) is 2. The van der Waals surface area contributed by atoms with E-state index in [0.717, 1.165) is 17.7 Å². The van der Waals surface area contributed by atoms with Crippen LogP contribution in [-0.4, -0.2) is 35.7 Å². The van der Waals surface area contributed by atoms with Crippen LogP contribution >= 0.6 is 11.8 Å². The molecule has 30 heavy (non-hydrogen) atoms. The van der Waals surface area contributed by atoms with Gasteiger partial charge in [0.25, 0.3) is 5.91 Å². The van der Waals surface area contributed by atoms with Crippen LogP contribution in [0.5, 0.6) is 11.5 Å². The van der Waals surface area contributed by atoms with E-state index in [2.05, 4.69) is 4.99 Å². The van der Waals surface area contributed by atoms with Crippen LogP contribution in [0.1, 0.15) is 25.8 Å². The van der Waals surface area contributed by atoms with Crippen LogP contribution in [0.2, 0.25) is 0 Å². The molecule has 0 saturated carbocycles. The molecule has 0 radical (unpaired) electrons. The highest BCUT2D eigenvalue weighted by molar-refractivity contribution is 8.18. The minimum atomic E-state index is -0.0562. The summed E-state index contributed by atoms with van der Waals surface area (Å²) in [7, 11) is 0. The zero-order chi connectivity index (χ0) is 21.3. The molecule has 2 aromatic carbocycles. The second-order valence-corrected chi connectivity index (χ2v) is 7.39. The molecule has 6 nitrogen and oxygen atoms in total. The Hall–Kier alpha value is -3.24. The van der Waals surface area contributed by atoms with Crippen LogP contribution in [0.15, 0.2) is 58.4 Å². The number of amides is 1. The van der Waals surface area contributed by atoms with Crippen molar-refractivity contribution >= 4 is 34.6 Å². The first-order valence-corrected chi connectivity index (χ1v) is 10.6. The van der Waals surface area contributed by atoms with Crippen LogP contribution in [0.3, 0.4) is 0 Å². The predicted octanol–water partition coefficient (Wildman–Crippen LogP) is 5.00. The van der Waals surface area contributed by atoms with E-state index in [1.54, 1.807) is 11.0 Å². The summed E-state index contributed by atoms with van der Waals surface area (Å²) in [4.78, 5) is 20.0. The van der Waals surface area contributed by atoms with Crippen molar-refractivity contribution < 1.29 is 14.3 Å². The number of thioether (sulfide) groups is 1. The fraction of sp³-hybridized carbons (Fsp3) is 0.261. The lowest BCUT2D eigenvalue weighted by Crippen LogP contribution is -2.29. The number of hydrogen-bond acceptors (Lipinski definition) is 6. The Bertz CT molecular complexity index is 996. The molecule has 1 aliphatic heterocycles. The standard InChI is InChI=1S/C23H23N3O3S/c1-3-13-26-22(27)21(30-23(26)25-18-8-6-5-7-9-18)16-17-10-11-19(29-14-12-24)20(15-17)28-4-2/h5-11,15-16H,3-4,13-14H2,1-2H3. The second kappa shape index (κ2) is 10.5. The van der Waals surface area contributed by atoms with Crippen molar-refractivity contribution in [3.63, 3.8) is 0 Å². The van der Waals surface area contributed by atoms with Crippen molar-refractivity contribution in [3.8, 4) is 17.6 Å². The van der Waals surface area contributed by atoms with Crippen molar-refractivity contribution in [2.45, 2.75) is 20.3 Å². The van der Waals surface area contributed by atoms with Gasteiger partial charge in [0.1, 0.15) is 6.07 Å². The van der Waals surface area contributed by atoms with Gasteiger partial charge in [0.15, 0.2) is 23.3 Å². The number of carbonyl (C=O) groups is 1. The molecule has 1 fully saturated rings. The lowest BCUT2D eigenvalue weighted by atomic mass is 10.2. The maximum Gasteiger partial charge on any atom is 0.266 e. The molecule has 154 valence electrons. The Kier molecular flexibility index (Phi) is 7.52. The fourth-order valence-corrected chi connectivity index (χ4v) is 3.91. The lowest BCUT2D eigenvalue weighted by molar-refractivity contribution is -0.122. The number of nitrogens with zero attached hydrogens (tertiary/aromatic N) is 3. The van der Waals surface area contributed by atoms with E-state index < -0.39 is 0 Å². The van der Waals surface area contributed by atoms with Gasteiger partial charge in [0.2, 0.25) is 0 Å². The van der Waals surface area contributed by atoms with Gasteiger partial charge in [-0.05, 0) is 61.0 Å². The summed E-state index contributed by atoms with van der Waals surface area (Å²) in [6.07, 6.45) is 2.67. The Morgan fingerprint density at radius 2 is 1.93 bits per heavy atom. The molecule has 1 heterocycles. The number of nitriles is 1. The number of rotatable bonds is 8. The predicted molar refractivity (Wildman–Crippen MR) is 120 cm³/mol. The Morgan fingerprint density at radius 1 is 1.13 bits per heavy atom. The van der Waals surface area contributed by atoms with Gasteiger partial charge in [0, 0.05) is 6.54 Å². The normalized spacial score (nSPS) is 16.2. The smallest absolute Gasteiger partial charge is 0.266 e. The van der Waals surface area contributed by atoms with Gasteiger partial charge < -0.3 is 9.47 Å². The van der Waals surface area contributed by atoms with Gasteiger partial charge in [-0.15, -0.1) is 0 Å². The largest absolute Gasteiger partial charge is 0.490 e. The molecule has 0 aromatic heterocycles. The van der Waals surface area contributed by atoms with Gasteiger partial charge >= 0.3 is 0 Å². The van der Waals surface area contributed by atoms with Crippen molar-refractivity contribution in [2.75, 3.05) is 19.8 Å². The van der Waals surface area contributed by atoms with E-state index in [9.17, 15) is 4.79 Å². The van der Waals surface area contributed by atoms with Gasteiger partial charge in [-0.1, -0.05) is 31.2 Å². The summed E-state index contributed by atoms with van der Waals surface area (Å²) < 4.78 is 11.0. The van der Waals surface area contributed by atoms with Crippen molar-refractivity contribution in [1.29, 1.82) is 5.26 Å². The van der Waals surface area contributed by atoms with Gasteiger partial charge in [-0.25, -0.2) is 4.99 Å². The minimum absolute atomic E-state index is 0.0554. The molecule has 3 rings (SSSR count). The highest BCUT2D eigenvalue weighted by Gasteiger charge is 2.32. The molecular weight excluding hydrogens is 398 g/mol. The van der Waals surface area contributed by atoms with E-state index in [1.165, 1.54) is 11.8 Å². The summed E-state index contributed by atoms with van der Waals surface area (Å²) in [5.41, 5.74) is 1.63. The third kappa shape index (κ3) is 5.22. The lowest BCUT2D eigenvalue weighted by Gasteiger charge is -2.13. The Labute approximate surface area is 180 Å². The van der Waals surface area contributed by atoms with E-state index >= 15 is 0 Å². The number of benzene rings is 2. The van der Waals surface area contributed by atoms with E-state index in [1.807, 2.05) is 68.5 Å². The molecular formula is C23H23N3O3S. The number of carbonyl (C=O) groups excluding carboxylic acids is 1. The van der Waals surface area contributed by atoms with Crippen LogP contribution in [0.4, 0.5) is 5.69 Å². The van der Waals surface area contributed by atoms with Crippen molar-refractivity contribution in [3.05, 3.63) is 59.0 Å². The number of aliphatic imine (C=N–C) groups is 1. The third-order valence-electron chi connectivity index (χ3n) is 4.17. The molecule has 0 N–H and O–H groups in total. The molecule has 7 heteroatoms. The summed E-state index contributed by atoms with van der Waals surface area (Å²) in [5.74, 6) is 0.991. The Balaban J connectivity index is 1.91. The molecule has 1 saturated heterocycles. The molecule has 1 aliphatic rings. The summed E-state index contributed by atoms with van der Waals surface area (Å²) in [6.45, 7) is 4.94. The average molecular weight is 422 g/mol. The maximum absolute atomic E-state index is 13.0. The molecule has 0 aliphatic carbocycles.